The Morgan fingerprint density at radius 1 is 0.966 bits per heavy atom. The van der Waals surface area contributed by atoms with E-state index in [1.54, 1.807) is 0 Å². The largest absolute Gasteiger partial charge is 0.345 e. The van der Waals surface area contributed by atoms with E-state index in [-0.39, 0.29) is 11.9 Å². The number of aryl methyl sites for hydroxylation is 3. The van der Waals surface area contributed by atoms with E-state index in [0.717, 1.165) is 22.6 Å². The van der Waals surface area contributed by atoms with Gasteiger partial charge in [0.1, 0.15) is 0 Å². The molecule has 2 nitrogen and oxygen atoms in total. The lowest BCUT2D eigenvalue weighted by Crippen LogP contribution is -2.34. The van der Waals surface area contributed by atoms with Gasteiger partial charge < -0.3 is 5.32 Å². The number of nitrogens with one attached hydrogen (secondary N) is 1. The van der Waals surface area contributed by atoms with E-state index in [1.165, 1.54) is 68.9 Å². The van der Waals surface area contributed by atoms with Gasteiger partial charge in [0, 0.05) is 5.56 Å². The van der Waals surface area contributed by atoms with E-state index in [1.807, 2.05) is 13.0 Å². The van der Waals surface area contributed by atoms with Gasteiger partial charge in [0.2, 0.25) is 0 Å². The average molecular weight is 390 g/mol. The number of benzene rings is 2. The van der Waals surface area contributed by atoms with Crippen LogP contribution in [-0.4, -0.2) is 5.91 Å². The number of rotatable bonds is 7. The van der Waals surface area contributed by atoms with Crippen molar-refractivity contribution in [1.29, 1.82) is 0 Å². The van der Waals surface area contributed by atoms with Crippen molar-refractivity contribution in [3.8, 4) is 0 Å². The lowest BCUT2D eigenvalue weighted by Gasteiger charge is -2.31. The fourth-order valence-electron chi connectivity index (χ4n) is 4.81. The quantitative estimate of drug-likeness (QED) is 0.561. The van der Waals surface area contributed by atoms with Gasteiger partial charge in [0.05, 0.1) is 6.04 Å². The molecule has 1 atom stereocenters. The summed E-state index contributed by atoms with van der Waals surface area (Å²) in [5.74, 6) is 1.58. The molecule has 0 heterocycles. The average Bonchev–Trinajstić information content (AvgIpc) is 3.58. The maximum Gasteiger partial charge on any atom is 0.252 e. The monoisotopic (exact) mass is 389 g/mol. The molecule has 2 saturated carbocycles. The van der Waals surface area contributed by atoms with E-state index in [4.69, 9.17) is 0 Å². The van der Waals surface area contributed by atoms with Gasteiger partial charge in [-0.3, -0.25) is 4.79 Å². The van der Waals surface area contributed by atoms with Gasteiger partial charge in [-0.25, -0.2) is 0 Å². The SMILES string of the molecule is Cc1ccc(C)c(C(=O)N[C@@H](c2ccc(CCC3CC3)cc2)C2CCCCC2)c1. The van der Waals surface area contributed by atoms with Crippen molar-refractivity contribution in [2.45, 2.75) is 77.7 Å². The molecule has 0 bridgehead atoms. The van der Waals surface area contributed by atoms with Crippen LogP contribution in [0.15, 0.2) is 42.5 Å². The summed E-state index contributed by atoms with van der Waals surface area (Å²) >= 11 is 0. The molecule has 0 aliphatic heterocycles. The Balaban J connectivity index is 1.52. The summed E-state index contributed by atoms with van der Waals surface area (Å²) in [7, 11) is 0. The van der Waals surface area contributed by atoms with Crippen molar-refractivity contribution in [2.24, 2.45) is 11.8 Å². The second kappa shape index (κ2) is 9.15. The lowest BCUT2D eigenvalue weighted by molar-refractivity contribution is 0.0912. The smallest absolute Gasteiger partial charge is 0.252 e. The number of hydrogen-bond donors (Lipinski definition) is 1. The van der Waals surface area contributed by atoms with E-state index < -0.39 is 0 Å². The summed E-state index contributed by atoms with van der Waals surface area (Å²) in [4.78, 5) is 13.2. The van der Waals surface area contributed by atoms with E-state index in [2.05, 4.69) is 48.6 Å². The Morgan fingerprint density at radius 2 is 1.69 bits per heavy atom. The molecule has 0 unspecified atom stereocenters. The lowest BCUT2D eigenvalue weighted by atomic mass is 9.80. The Morgan fingerprint density at radius 3 is 2.38 bits per heavy atom. The van der Waals surface area contributed by atoms with E-state index in [9.17, 15) is 4.79 Å². The number of hydrogen-bond acceptors (Lipinski definition) is 1. The minimum absolute atomic E-state index is 0.0691. The molecule has 2 aromatic rings. The van der Waals surface area contributed by atoms with E-state index in [0.29, 0.717) is 5.92 Å². The van der Waals surface area contributed by atoms with Crippen LogP contribution in [0.4, 0.5) is 0 Å². The number of amides is 1. The molecule has 0 radical (unpaired) electrons. The van der Waals surface area contributed by atoms with E-state index >= 15 is 0 Å². The molecule has 29 heavy (non-hydrogen) atoms. The zero-order chi connectivity index (χ0) is 20.2. The van der Waals surface area contributed by atoms with Gasteiger partial charge >= 0.3 is 0 Å². The first kappa shape index (κ1) is 20.2. The predicted molar refractivity (Wildman–Crippen MR) is 120 cm³/mol. The summed E-state index contributed by atoms with van der Waals surface area (Å²) in [6.45, 7) is 4.08. The van der Waals surface area contributed by atoms with Crippen LogP contribution in [0, 0.1) is 25.7 Å². The Bertz CT molecular complexity index is 828. The van der Waals surface area contributed by atoms with Crippen molar-refractivity contribution in [2.75, 3.05) is 0 Å². The van der Waals surface area contributed by atoms with Gasteiger partial charge in [-0.05, 0) is 74.1 Å². The normalized spacial score (nSPS) is 18.4. The first-order valence-corrected chi connectivity index (χ1v) is 11.6. The van der Waals surface area contributed by atoms with Gasteiger partial charge in [0.15, 0.2) is 0 Å². The van der Waals surface area contributed by atoms with Gasteiger partial charge in [0.25, 0.3) is 5.91 Å². The highest BCUT2D eigenvalue weighted by molar-refractivity contribution is 5.96. The Labute approximate surface area is 176 Å². The highest BCUT2D eigenvalue weighted by atomic mass is 16.1. The fraction of sp³-hybridized carbons (Fsp3) is 0.519. The second-order valence-corrected chi connectivity index (χ2v) is 9.39. The van der Waals surface area contributed by atoms with Crippen LogP contribution in [0.1, 0.15) is 90.0 Å². The van der Waals surface area contributed by atoms with Crippen LogP contribution < -0.4 is 5.32 Å². The summed E-state index contributed by atoms with van der Waals surface area (Å²) in [5, 5.41) is 3.43. The zero-order valence-electron chi connectivity index (χ0n) is 18.0. The first-order chi connectivity index (χ1) is 14.1. The third-order valence-corrected chi connectivity index (χ3v) is 6.92. The fourth-order valence-corrected chi connectivity index (χ4v) is 4.81. The molecule has 0 saturated heterocycles. The van der Waals surface area contributed by atoms with Crippen molar-refractivity contribution in [3.05, 3.63) is 70.3 Å². The Hall–Kier alpha value is -2.09. The van der Waals surface area contributed by atoms with Crippen molar-refractivity contribution in [3.63, 3.8) is 0 Å². The van der Waals surface area contributed by atoms with Crippen LogP contribution in [0.25, 0.3) is 0 Å². The minimum atomic E-state index is 0.0691. The molecule has 0 aromatic heterocycles. The van der Waals surface area contributed by atoms with Crippen molar-refractivity contribution >= 4 is 5.91 Å². The van der Waals surface area contributed by atoms with Gasteiger partial charge in [-0.1, -0.05) is 74.1 Å². The highest BCUT2D eigenvalue weighted by Crippen LogP contribution is 2.36. The molecule has 1 amide bonds. The van der Waals surface area contributed by atoms with Gasteiger partial charge in [-0.2, -0.15) is 0 Å². The van der Waals surface area contributed by atoms with Crippen LogP contribution in [0.5, 0.6) is 0 Å². The summed E-state index contributed by atoms with van der Waals surface area (Å²) in [6.07, 6.45) is 11.7. The first-order valence-electron chi connectivity index (χ1n) is 11.6. The van der Waals surface area contributed by atoms with Crippen LogP contribution in [-0.2, 0) is 6.42 Å². The van der Waals surface area contributed by atoms with Crippen LogP contribution >= 0.6 is 0 Å². The summed E-state index contributed by atoms with van der Waals surface area (Å²) < 4.78 is 0. The highest BCUT2D eigenvalue weighted by Gasteiger charge is 2.27. The summed E-state index contributed by atoms with van der Waals surface area (Å²) in [5.41, 5.74) is 5.70. The molecule has 2 fully saturated rings. The molecule has 2 heteroatoms. The standard InChI is InChI=1S/C27H35NO/c1-19-8-9-20(2)25(18-19)27(29)28-26(23-6-4-3-5-7-23)24-16-14-22(15-17-24)13-12-21-10-11-21/h8-9,14-18,21,23,26H,3-7,10-13H2,1-2H3,(H,28,29)/t26-/m1/s1. The zero-order valence-corrected chi connectivity index (χ0v) is 18.0. The topological polar surface area (TPSA) is 29.1 Å². The Kier molecular flexibility index (Phi) is 6.37. The number of carbonyl (C=O) groups is 1. The molecule has 2 aromatic carbocycles. The molecule has 154 valence electrons. The molecular weight excluding hydrogens is 354 g/mol. The molecule has 2 aliphatic carbocycles. The van der Waals surface area contributed by atoms with Crippen molar-refractivity contribution in [1.82, 2.24) is 5.32 Å². The molecule has 2 aliphatic rings. The van der Waals surface area contributed by atoms with Gasteiger partial charge in [-0.15, -0.1) is 0 Å². The second-order valence-electron chi connectivity index (χ2n) is 9.39. The third-order valence-electron chi connectivity index (χ3n) is 6.92. The summed E-state index contributed by atoms with van der Waals surface area (Å²) in [6, 6.07) is 15.4. The van der Waals surface area contributed by atoms with Crippen LogP contribution in [0.3, 0.4) is 0 Å². The number of carbonyl (C=O) groups excluding carboxylic acids is 1. The minimum Gasteiger partial charge on any atom is -0.345 e. The molecule has 1 N–H and O–H groups in total. The predicted octanol–water partition coefficient (Wildman–Crippen LogP) is 6.70. The van der Waals surface area contributed by atoms with Crippen molar-refractivity contribution < 1.29 is 4.79 Å². The third kappa shape index (κ3) is 5.29. The molecule has 0 spiro atoms. The molecular formula is C27H35NO. The maximum atomic E-state index is 13.2. The molecule has 4 rings (SSSR count). The maximum absolute atomic E-state index is 13.2. The van der Waals surface area contributed by atoms with Crippen LogP contribution in [0.2, 0.25) is 0 Å².